The number of ketones is 1. The van der Waals surface area contributed by atoms with Crippen molar-refractivity contribution in [1.82, 2.24) is 0 Å². The Bertz CT molecular complexity index is 688. The van der Waals surface area contributed by atoms with Gasteiger partial charge in [0.1, 0.15) is 0 Å². The summed E-state index contributed by atoms with van der Waals surface area (Å²) in [5, 5.41) is 0.749. The van der Waals surface area contributed by atoms with Gasteiger partial charge in [-0.1, -0.05) is 73.7 Å². The lowest BCUT2D eigenvalue weighted by Crippen LogP contribution is -2.23. The lowest BCUT2D eigenvalue weighted by atomic mass is 10.1. The molecule has 23 heavy (non-hydrogen) atoms. The molecule has 0 atom stereocenters. The first-order valence-corrected chi connectivity index (χ1v) is 12.4. The van der Waals surface area contributed by atoms with E-state index in [1.165, 1.54) is 10.1 Å². The number of rotatable bonds is 6. The quantitative estimate of drug-likeness (QED) is 0.345. The lowest BCUT2D eigenvalue weighted by Gasteiger charge is -2.20. The van der Waals surface area contributed by atoms with Crippen LogP contribution in [-0.2, 0) is 5.75 Å². The average molecular weight is 361 g/mol. The van der Waals surface area contributed by atoms with Crippen molar-refractivity contribution in [2.45, 2.75) is 25.4 Å². The summed E-state index contributed by atoms with van der Waals surface area (Å²) in [6.07, 6.45) is 1.84. The van der Waals surface area contributed by atoms with Crippen LogP contribution in [0.25, 0.3) is 0 Å². The maximum Gasteiger partial charge on any atom is 0.186 e. The van der Waals surface area contributed by atoms with Crippen LogP contribution in [0, 0.1) is 0 Å². The minimum Gasteiger partial charge on any atom is -0.289 e. The van der Waals surface area contributed by atoms with Crippen molar-refractivity contribution in [3.05, 3.63) is 81.4 Å². The normalized spacial score (nSPS) is 12.3. The van der Waals surface area contributed by atoms with Gasteiger partial charge in [0.2, 0.25) is 0 Å². The van der Waals surface area contributed by atoms with Gasteiger partial charge in [0.25, 0.3) is 0 Å². The van der Waals surface area contributed by atoms with Crippen molar-refractivity contribution in [2.24, 2.45) is 0 Å². The van der Waals surface area contributed by atoms with Gasteiger partial charge in [-0.2, -0.15) is 0 Å². The summed E-state index contributed by atoms with van der Waals surface area (Å²) in [6.45, 7) is 6.81. The molecule has 2 rings (SSSR count). The van der Waals surface area contributed by atoms with Gasteiger partial charge in [-0.3, -0.25) is 4.79 Å². The molecule has 0 heterocycles. The second-order valence-electron chi connectivity index (χ2n) is 6.40. The molecule has 0 unspecified atom stereocenters. The summed E-state index contributed by atoms with van der Waals surface area (Å²) in [4.78, 5) is 12.5. The number of carbonyl (C=O) groups is 1. The first-order chi connectivity index (χ1) is 10.9. The molecule has 120 valence electrons. The second kappa shape index (κ2) is 8.00. The number of benzene rings is 2. The van der Waals surface area contributed by atoms with Crippen molar-refractivity contribution in [1.29, 1.82) is 0 Å². The van der Waals surface area contributed by atoms with Crippen LogP contribution >= 0.6 is 23.4 Å². The molecular formula is C19H21ClOSSi. The van der Waals surface area contributed by atoms with E-state index >= 15 is 0 Å². The number of allylic oxidation sites excluding steroid dienone is 1. The maximum absolute atomic E-state index is 12.5. The third kappa shape index (κ3) is 5.68. The molecule has 0 aromatic heterocycles. The molecule has 0 amide bonds. The Morgan fingerprint density at radius 1 is 1.04 bits per heavy atom. The Balaban J connectivity index is 2.15. The molecule has 2 aromatic carbocycles. The SMILES string of the molecule is C[Si](C)(C)/C(=C\C(=O)c1ccccc1)SCc1ccc(Cl)cc1. The third-order valence-corrected chi connectivity index (χ3v) is 8.42. The van der Waals surface area contributed by atoms with Gasteiger partial charge in [-0.25, -0.2) is 0 Å². The van der Waals surface area contributed by atoms with Crippen LogP contribution in [0.2, 0.25) is 24.7 Å². The Morgan fingerprint density at radius 2 is 1.65 bits per heavy atom. The fraction of sp³-hybridized carbons (Fsp3) is 0.211. The molecule has 2 aromatic rings. The summed E-state index contributed by atoms with van der Waals surface area (Å²) < 4.78 is 1.22. The molecule has 0 spiro atoms. The van der Waals surface area contributed by atoms with Crippen LogP contribution in [-0.4, -0.2) is 13.9 Å². The predicted octanol–water partition coefficient (Wildman–Crippen LogP) is 6.22. The van der Waals surface area contributed by atoms with E-state index in [9.17, 15) is 4.79 Å². The van der Waals surface area contributed by atoms with E-state index in [4.69, 9.17) is 11.6 Å². The highest BCUT2D eigenvalue weighted by Crippen LogP contribution is 2.30. The van der Waals surface area contributed by atoms with Gasteiger partial charge in [0, 0.05) is 16.3 Å². The molecular weight excluding hydrogens is 340 g/mol. The Morgan fingerprint density at radius 3 is 2.22 bits per heavy atom. The van der Waals surface area contributed by atoms with Crippen molar-refractivity contribution in [3.63, 3.8) is 0 Å². The van der Waals surface area contributed by atoms with E-state index in [2.05, 4.69) is 19.6 Å². The van der Waals surface area contributed by atoms with E-state index in [0.717, 1.165) is 16.3 Å². The zero-order valence-corrected chi connectivity index (χ0v) is 16.2. The minimum absolute atomic E-state index is 0.0895. The zero-order valence-electron chi connectivity index (χ0n) is 13.7. The molecule has 0 aliphatic heterocycles. The Hall–Kier alpha value is -1.29. The summed E-state index contributed by atoms with van der Waals surface area (Å²) in [5.74, 6) is 0.946. The van der Waals surface area contributed by atoms with Crippen molar-refractivity contribution in [2.75, 3.05) is 0 Å². The van der Waals surface area contributed by atoms with E-state index < -0.39 is 8.07 Å². The van der Waals surface area contributed by atoms with E-state index in [0.29, 0.717) is 0 Å². The molecule has 0 saturated heterocycles. The summed E-state index contributed by atoms with van der Waals surface area (Å²) in [5.41, 5.74) is 1.96. The molecule has 0 aliphatic carbocycles. The zero-order chi connectivity index (χ0) is 16.9. The molecule has 0 bridgehead atoms. The number of carbonyl (C=O) groups excluding carboxylic acids is 1. The van der Waals surface area contributed by atoms with Crippen LogP contribution < -0.4 is 0 Å². The van der Waals surface area contributed by atoms with Crippen LogP contribution in [0.3, 0.4) is 0 Å². The number of hydrogen-bond acceptors (Lipinski definition) is 2. The highest BCUT2D eigenvalue weighted by atomic mass is 35.5. The molecule has 0 aliphatic rings. The smallest absolute Gasteiger partial charge is 0.186 e. The molecule has 1 nitrogen and oxygen atoms in total. The minimum atomic E-state index is -1.57. The number of hydrogen-bond donors (Lipinski definition) is 0. The van der Waals surface area contributed by atoms with Gasteiger partial charge >= 0.3 is 0 Å². The fourth-order valence-electron chi connectivity index (χ4n) is 2.02. The highest BCUT2D eigenvalue weighted by molar-refractivity contribution is 8.04. The molecule has 0 N–H and O–H groups in total. The fourth-order valence-corrected chi connectivity index (χ4v) is 5.36. The van der Waals surface area contributed by atoms with Crippen LogP contribution in [0.4, 0.5) is 0 Å². The largest absolute Gasteiger partial charge is 0.289 e. The third-order valence-electron chi connectivity index (χ3n) is 3.37. The lowest BCUT2D eigenvalue weighted by molar-refractivity contribution is 0.104. The number of halogens is 1. The predicted molar refractivity (Wildman–Crippen MR) is 105 cm³/mol. The van der Waals surface area contributed by atoms with E-state index in [1.807, 2.05) is 60.7 Å². The van der Waals surface area contributed by atoms with E-state index in [1.54, 1.807) is 11.8 Å². The molecule has 0 fully saturated rings. The highest BCUT2D eigenvalue weighted by Gasteiger charge is 2.21. The number of thioether (sulfide) groups is 1. The van der Waals surface area contributed by atoms with Crippen molar-refractivity contribution < 1.29 is 4.79 Å². The van der Waals surface area contributed by atoms with Crippen molar-refractivity contribution >= 4 is 37.2 Å². The van der Waals surface area contributed by atoms with Gasteiger partial charge in [0.15, 0.2) is 5.78 Å². The molecule has 0 saturated carbocycles. The van der Waals surface area contributed by atoms with Gasteiger partial charge in [-0.05, 0) is 28.3 Å². The van der Waals surface area contributed by atoms with Crippen LogP contribution in [0.1, 0.15) is 15.9 Å². The molecule has 4 heteroatoms. The van der Waals surface area contributed by atoms with Crippen LogP contribution in [0.5, 0.6) is 0 Å². The summed E-state index contributed by atoms with van der Waals surface area (Å²) in [7, 11) is -1.57. The summed E-state index contributed by atoms with van der Waals surface area (Å²) >= 11 is 7.70. The second-order valence-corrected chi connectivity index (χ2v) is 13.3. The van der Waals surface area contributed by atoms with Gasteiger partial charge < -0.3 is 0 Å². The monoisotopic (exact) mass is 360 g/mol. The van der Waals surface area contributed by atoms with Crippen LogP contribution in [0.15, 0.2) is 65.2 Å². The first-order valence-electron chi connectivity index (χ1n) is 7.55. The van der Waals surface area contributed by atoms with Gasteiger partial charge in [-0.15, -0.1) is 11.8 Å². The Labute approximate surface area is 148 Å². The topological polar surface area (TPSA) is 17.1 Å². The Kier molecular flexibility index (Phi) is 6.28. The average Bonchev–Trinajstić information content (AvgIpc) is 2.52. The maximum atomic E-state index is 12.5. The first kappa shape index (κ1) is 18.1. The van der Waals surface area contributed by atoms with Crippen molar-refractivity contribution in [3.8, 4) is 0 Å². The summed E-state index contributed by atoms with van der Waals surface area (Å²) in [6, 6.07) is 17.3. The molecule has 0 radical (unpaired) electrons. The van der Waals surface area contributed by atoms with E-state index in [-0.39, 0.29) is 5.78 Å². The van der Waals surface area contributed by atoms with Gasteiger partial charge in [0.05, 0.1) is 8.07 Å². The standard InChI is InChI=1S/C19H21ClOSSi/c1-23(2,3)19(13-18(21)16-7-5-4-6-8-16)22-14-15-9-11-17(20)12-10-15/h4-13H,14H2,1-3H3/b19-13-.